The number of hydrogen-bond donors (Lipinski definition) is 0. The van der Waals surface area contributed by atoms with Gasteiger partial charge in [0.15, 0.2) is 0 Å². The third kappa shape index (κ3) is 2.70. The molecule has 0 aromatic rings. The third-order valence-corrected chi connectivity index (χ3v) is 5.85. The van der Waals surface area contributed by atoms with E-state index < -0.39 is 9.84 Å². The Bertz CT molecular complexity index is 403. The Kier molecular flexibility index (Phi) is 3.30. The molecule has 5 heteroatoms. The molecule has 2 rings (SSSR count). The number of carbonyl (C=O) groups excluding carboxylic acids is 1. The molecular formula is C12H19NO3S. The first-order chi connectivity index (χ1) is 7.96. The topological polar surface area (TPSA) is 54.5 Å². The normalized spacial score (nSPS) is 26.7. The van der Waals surface area contributed by atoms with Crippen LogP contribution in [0, 0.1) is 5.41 Å². The maximum Gasteiger partial charge on any atom is 0.245 e. The quantitative estimate of drug-likeness (QED) is 0.658. The van der Waals surface area contributed by atoms with Crippen LogP contribution in [0.1, 0.15) is 25.7 Å². The summed E-state index contributed by atoms with van der Waals surface area (Å²) in [5.74, 6) is 0.633. The highest BCUT2D eigenvalue weighted by Crippen LogP contribution is 2.41. The number of hydrogen-bond acceptors (Lipinski definition) is 3. The van der Waals surface area contributed by atoms with Crippen LogP contribution >= 0.6 is 0 Å². The van der Waals surface area contributed by atoms with Crippen molar-refractivity contribution in [3.05, 3.63) is 12.7 Å². The molecule has 0 saturated carbocycles. The van der Waals surface area contributed by atoms with Crippen LogP contribution in [-0.4, -0.2) is 43.8 Å². The van der Waals surface area contributed by atoms with Gasteiger partial charge in [-0.05, 0) is 37.2 Å². The second-order valence-corrected chi connectivity index (χ2v) is 7.48. The van der Waals surface area contributed by atoms with Gasteiger partial charge in [0.05, 0.1) is 11.5 Å². The highest BCUT2D eigenvalue weighted by atomic mass is 32.2. The number of amides is 1. The van der Waals surface area contributed by atoms with Crippen molar-refractivity contribution >= 4 is 15.7 Å². The zero-order valence-corrected chi connectivity index (χ0v) is 10.8. The molecule has 2 saturated heterocycles. The van der Waals surface area contributed by atoms with Gasteiger partial charge < -0.3 is 4.90 Å². The smallest absolute Gasteiger partial charge is 0.245 e. The molecule has 4 nitrogen and oxygen atoms in total. The number of sulfone groups is 1. The highest BCUT2D eigenvalue weighted by Gasteiger charge is 2.40. The van der Waals surface area contributed by atoms with E-state index in [4.69, 9.17) is 0 Å². The van der Waals surface area contributed by atoms with Crippen molar-refractivity contribution in [3.8, 4) is 0 Å². The largest absolute Gasteiger partial charge is 0.339 e. The van der Waals surface area contributed by atoms with E-state index in [9.17, 15) is 13.2 Å². The van der Waals surface area contributed by atoms with Gasteiger partial charge in [-0.15, -0.1) is 0 Å². The fourth-order valence-electron chi connectivity index (χ4n) is 2.80. The molecule has 1 spiro atoms. The standard InChI is InChI=1S/C12H19NO3S/c1-2-11(14)13-7-3-12(4-8-13)5-9-17(15,16)10-6-12/h2H,1,3-10H2. The molecule has 0 aromatic heterocycles. The summed E-state index contributed by atoms with van der Waals surface area (Å²) in [5.41, 5.74) is 0.170. The van der Waals surface area contributed by atoms with Crippen molar-refractivity contribution in [2.45, 2.75) is 25.7 Å². The van der Waals surface area contributed by atoms with Crippen molar-refractivity contribution in [3.63, 3.8) is 0 Å². The average molecular weight is 257 g/mol. The second-order valence-electron chi connectivity index (χ2n) is 5.18. The molecule has 0 radical (unpaired) electrons. The average Bonchev–Trinajstić information content (AvgIpc) is 2.34. The molecule has 2 heterocycles. The SMILES string of the molecule is C=CC(=O)N1CCC2(CC1)CCS(=O)(=O)CC2. The number of piperidine rings is 1. The van der Waals surface area contributed by atoms with Gasteiger partial charge in [0.1, 0.15) is 9.84 Å². The molecule has 2 fully saturated rings. The Balaban J connectivity index is 1.95. The summed E-state index contributed by atoms with van der Waals surface area (Å²) in [4.78, 5) is 13.3. The van der Waals surface area contributed by atoms with Gasteiger partial charge >= 0.3 is 0 Å². The van der Waals surface area contributed by atoms with Gasteiger partial charge in [-0.2, -0.15) is 0 Å². The Morgan fingerprint density at radius 3 is 2.12 bits per heavy atom. The van der Waals surface area contributed by atoms with Crippen LogP contribution in [0.15, 0.2) is 12.7 Å². The molecular weight excluding hydrogens is 238 g/mol. The van der Waals surface area contributed by atoms with Crippen LogP contribution in [0.3, 0.4) is 0 Å². The first-order valence-corrected chi connectivity index (χ1v) is 7.90. The number of carbonyl (C=O) groups is 1. The molecule has 0 aliphatic carbocycles. The fourth-order valence-corrected chi connectivity index (χ4v) is 4.49. The van der Waals surface area contributed by atoms with Crippen LogP contribution in [-0.2, 0) is 14.6 Å². The zero-order valence-electron chi connectivity index (χ0n) is 10.0. The first kappa shape index (κ1) is 12.6. The van der Waals surface area contributed by atoms with Crippen molar-refractivity contribution in [2.75, 3.05) is 24.6 Å². The van der Waals surface area contributed by atoms with Crippen molar-refractivity contribution in [2.24, 2.45) is 5.41 Å². The van der Waals surface area contributed by atoms with E-state index in [-0.39, 0.29) is 11.3 Å². The van der Waals surface area contributed by atoms with Crippen LogP contribution in [0.25, 0.3) is 0 Å². The van der Waals surface area contributed by atoms with Crippen LogP contribution < -0.4 is 0 Å². The Labute approximate surface area is 103 Å². The van der Waals surface area contributed by atoms with Gasteiger partial charge in [0.25, 0.3) is 0 Å². The summed E-state index contributed by atoms with van der Waals surface area (Å²) >= 11 is 0. The lowest BCUT2D eigenvalue weighted by atomic mass is 9.74. The minimum atomic E-state index is -2.79. The molecule has 96 valence electrons. The van der Waals surface area contributed by atoms with Gasteiger partial charge in [-0.1, -0.05) is 6.58 Å². The van der Waals surface area contributed by atoms with Gasteiger partial charge in [0, 0.05) is 13.1 Å². The molecule has 0 aromatic carbocycles. The minimum absolute atomic E-state index is 0.0109. The Morgan fingerprint density at radius 2 is 1.65 bits per heavy atom. The summed E-state index contributed by atoms with van der Waals surface area (Å²) in [7, 11) is -2.79. The van der Waals surface area contributed by atoms with E-state index in [1.165, 1.54) is 6.08 Å². The van der Waals surface area contributed by atoms with Crippen LogP contribution in [0.5, 0.6) is 0 Å². The zero-order chi connectivity index (χ0) is 12.5. The lowest BCUT2D eigenvalue weighted by molar-refractivity contribution is -0.128. The monoisotopic (exact) mass is 257 g/mol. The molecule has 2 aliphatic heterocycles. The first-order valence-electron chi connectivity index (χ1n) is 6.08. The number of likely N-dealkylation sites (tertiary alicyclic amines) is 1. The lowest BCUT2D eigenvalue weighted by Crippen LogP contribution is -2.45. The van der Waals surface area contributed by atoms with E-state index in [0.29, 0.717) is 11.5 Å². The predicted octanol–water partition coefficient (Wildman–Crippen LogP) is 0.990. The molecule has 1 amide bonds. The summed E-state index contributed by atoms with van der Waals surface area (Å²) in [6.45, 7) is 4.97. The molecule has 0 N–H and O–H groups in total. The highest BCUT2D eigenvalue weighted by molar-refractivity contribution is 7.91. The van der Waals surface area contributed by atoms with Gasteiger partial charge in [-0.3, -0.25) is 4.79 Å². The minimum Gasteiger partial charge on any atom is -0.339 e. The number of rotatable bonds is 1. The summed E-state index contributed by atoms with van der Waals surface area (Å²) in [6, 6.07) is 0. The Hall–Kier alpha value is -0.840. The van der Waals surface area contributed by atoms with E-state index in [1.54, 1.807) is 4.90 Å². The van der Waals surface area contributed by atoms with Crippen molar-refractivity contribution in [1.29, 1.82) is 0 Å². The van der Waals surface area contributed by atoms with E-state index in [2.05, 4.69) is 6.58 Å². The van der Waals surface area contributed by atoms with E-state index >= 15 is 0 Å². The van der Waals surface area contributed by atoms with Crippen molar-refractivity contribution < 1.29 is 13.2 Å². The summed E-state index contributed by atoms with van der Waals surface area (Å²) in [5, 5.41) is 0. The molecule has 0 unspecified atom stereocenters. The van der Waals surface area contributed by atoms with Gasteiger partial charge in [0.2, 0.25) is 5.91 Å². The molecule has 2 aliphatic rings. The summed E-state index contributed by atoms with van der Waals surface area (Å²) in [6.07, 6.45) is 4.75. The number of nitrogens with zero attached hydrogens (tertiary/aromatic N) is 1. The maximum atomic E-state index is 11.5. The van der Waals surface area contributed by atoms with Crippen molar-refractivity contribution in [1.82, 2.24) is 4.90 Å². The van der Waals surface area contributed by atoms with E-state index in [1.807, 2.05) is 0 Å². The summed E-state index contributed by atoms with van der Waals surface area (Å²) < 4.78 is 22.8. The predicted molar refractivity (Wildman–Crippen MR) is 66.3 cm³/mol. The molecule has 0 atom stereocenters. The van der Waals surface area contributed by atoms with E-state index in [0.717, 1.165) is 38.8 Å². The second kappa shape index (κ2) is 4.44. The fraction of sp³-hybridized carbons (Fsp3) is 0.750. The Morgan fingerprint density at radius 1 is 1.12 bits per heavy atom. The third-order valence-electron chi connectivity index (χ3n) is 4.20. The maximum absolute atomic E-state index is 11.5. The van der Waals surface area contributed by atoms with Gasteiger partial charge in [-0.25, -0.2) is 8.42 Å². The van der Waals surface area contributed by atoms with Crippen LogP contribution in [0.4, 0.5) is 0 Å². The van der Waals surface area contributed by atoms with Crippen LogP contribution in [0.2, 0.25) is 0 Å². The molecule has 0 bridgehead atoms. The lowest BCUT2D eigenvalue weighted by Gasteiger charge is -2.43. The molecule has 17 heavy (non-hydrogen) atoms.